The lowest BCUT2D eigenvalue weighted by molar-refractivity contribution is 0.607. The van der Waals surface area contributed by atoms with Crippen molar-refractivity contribution in [1.29, 1.82) is 0 Å². The maximum absolute atomic E-state index is 12.9. The molecule has 0 aliphatic heterocycles. The SMILES string of the molecule is Cc1cc(F)c(N)nc1CC(C)C. The van der Waals surface area contributed by atoms with Crippen molar-refractivity contribution in [3.8, 4) is 0 Å². The summed E-state index contributed by atoms with van der Waals surface area (Å²) in [6.45, 7) is 6.05. The van der Waals surface area contributed by atoms with Crippen LogP contribution < -0.4 is 5.73 Å². The van der Waals surface area contributed by atoms with Crippen LogP contribution in [0.3, 0.4) is 0 Å². The highest BCUT2D eigenvalue weighted by Gasteiger charge is 2.07. The fourth-order valence-electron chi connectivity index (χ4n) is 1.23. The van der Waals surface area contributed by atoms with Gasteiger partial charge in [0.05, 0.1) is 0 Å². The van der Waals surface area contributed by atoms with Gasteiger partial charge in [-0.1, -0.05) is 13.8 Å². The predicted molar refractivity (Wildman–Crippen MR) is 51.9 cm³/mol. The van der Waals surface area contributed by atoms with Gasteiger partial charge < -0.3 is 5.73 Å². The van der Waals surface area contributed by atoms with E-state index >= 15 is 0 Å². The van der Waals surface area contributed by atoms with Gasteiger partial charge in [0.2, 0.25) is 0 Å². The maximum atomic E-state index is 12.9. The molecule has 1 aromatic heterocycles. The van der Waals surface area contributed by atoms with Gasteiger partial charge in [0.25, 0.3) is 0 Å². The molecule has 0 saturated carbocycles. The van der Waals surface area contributed by atoms with Gasteiger partial charge in [-0.2, -0.15) is 0 Å². The quantitative estimate of drug-likeness (QED) is 0.762. The summed E-state index contributed by atoms with van der Waals surface area (Å²) in [4.78, 5) is 4.02. The third kappa shape index (κ3) is 2.41. The van der Waals surface area contributed by atoms with E-state index in [9.17, 15) is 4.39 Å². The summed E-state index contributed by atoms with van der Waals surface area (Å²) in [6.07, 6.45) is 0.844. The van der Waals surface area contributed by atoms with E-state index in [1.807, 2.05) is 6.92 Å². The molecule has 0 spiro atoms. The Bertz CT molecular complexity index is 308. The smallest absolute Gasteiger partial charge is 0.165 e. The second-order valence-electron chi connectivity index (χ2n) is 3.72. The first-order valence-corrected chi connectivity index (χ1v) is 4.42. The van der Waals surface area contributed by atoms with Gasteiger partial charge in [-0.05, 0) is 30.9 Å². The fourth-order valence-corrected chi connectivity index (χ4v) is 1.23. The summed E-state index contributed by atoms with van der Waals surface area (Å²) < 4.78 is 12.9. The van der Waals surface area contributed by atoms with Gasteiger partial charge in [0.1, 0.15) is 0 Å². The normalized spacial score (nSPS) is 10.8. The lowest BCUT2D eigenvalue weighted by Crippen LogP contribution is -2.05. The third-order valence-corrected chi connectivity index (χ3v) is 1.90. The van der Waals surface area contributed by atoms with Crippen molar-refractivity contribution in [3.63, 3.8) is 0 Å². The molecule has 1 aromatic rings. The molecule has 0 atom stereocenters. The maximum Gasteiger partial charge on any atom is 0.165 e. The van der Waals surface area contributed by atoms with Crippen LogP contribution in [-0.4, -0.2) is 4.98 Å². The van der Waals surface area contributed by atoms with Crippen molar-refractivity contribution in [1.82, 2.24) is 4.98 Å². The number of nitrogen functional groups attached to an aromatic ring is 1. The van der Waals surface area contributed by atoms with Crippen molar-refractivity contribution in [3.05, 3.63) is 23.1 Å². The molecule has 0 unspecified atom stereocenters. The number of pyridine rings is 1. The molecule has 0 fully saturated rings. The van der Waals surface area contributed by atoms with Crippen LogP contribution in [0.25, 0.3) is 0 Å². The largest absolute Gasteiger partial charge is 0.381 e. The van der Waals surface area contributed by atoms with E-state index < -0.39 is 5.82 Å². The summed E-state index contributed by atoms with van der Waals surface area (Å²) in [7, 11) is 0. The van der Waals surface area contributed by atoms with E-state index in [0.29, 0.717) is 5.92 Å². The lowest BCUT2D eigenvalue weighted by atomic mass is 10.0. The number of rotatable bonds is 2. The molecule has 2 nitrogen and oxygen atoms in total. The van der Waals surface area contributed by atoms with Crippen LogP contribution in [0.4, 0.5) is 10.2 Å². The van der Waals surface area contributed by atoms with E-state index in [-0.39, 0.29) is 5.82 Å². The molecular weight excluding hydrogens is 167 g/mol. The highest BCUT2D eigenvalue weighted by atomic mass is 19.1. The monoisotopic (exact) mass is 182 g/mol. The minimum absolute atomic E-state index is 0.00116. The fraction of sp³-hybridized carbons (Fsp3) is 0.500. The van der Waals surface area contributed by atoms with Crippen LogP contribution in [0.5, 0.6) is 0 Å². The second-order valence-corrected chi connectivity index (χ2v) is 3.72. The Labute approximate surface area is 78.0 Å². The number of hydrogen-bond acceptors (Lipinski definition) is 2. The van der Waals surface area contributed by atoms with Crippen molar-refractivity contribution in [2.75, 3.05) is 5.73 Å². The van der Waals surface area contributed by atoms with Crippen LogP contribution >= 0.6 is 0 Å². The number of aromatic nitrogens is 1. The highest BCUT2D eigenvalue weighted by molar-refractivity contribution is 5.35. The van der Waals surface area contributed by atoms with Gasteiger partial charge in [-0.15, -0.1) is 0 Å². The Morgan fingerprint density at radius 2 is 2.15 bits per heavy atom. The number of nitrogens with zero attached hydrogens (tertiary/aromatic N) is 1. The Balaban J connectivity index is 3.01. The van der Waals surface area contributed by atoms with Crippen LogP contribution in [-0.2, 0) is 6.42 Å². The molecule has 72 valence electrons. The zero-order valence-electron chi connectivity index (χ0n) is 8.26. The van der Waals surface area contributed by atoms with Crippen molar-refractivity contribution in [2.24, 2.45) is 5.92 Å². The molecule has 13 heavy (non-hydrogen) atoms. The van der Waals surface area contributed by atoms with Crippen LogP contribution in [0, 0.1) is 18.7 Å². The predicted octanol–water partition coefficient (Wildman–Crippen LogP) is 2.31. The van der Waals surface area contributed by atoms with E-state index in [0.717, 1.165) is 17.7 Å². The molecule has 0 radical (unpaired) electrons. The van der Waals surface area contributed by atoms with Gasteiger partial charge in [-0.3, -0.25) is 0 Å². The molecule has 0 saturated heterocycles. The minimum Gasteiger partial charge on any atom is -0.381 e. The van der Waals surface area contributed by atoms with Gasteiger partial charge in [0.15, 0.2) is 11.6 Å². The molecule has 1 rings (SSSR count). The Kier molecular flexibility index (Phi) is 2.86. The van der Waals surface area contributed by atoms with Crippen LogP contribution in [0.1, 0.15) is 25.1 Å². The zero-order valence-corrected chi connectivity index (χ0v) is 8.26. The number of aryl methyl sites for hydroxylation is 1. The van der Waals surface area contributed by atoms with E-state index in [4.69, 9.17) is 5.73 Å². The molecule has 2 N–H and O–H groups in total. The number of halogens is 1. The molecule has 0 bridgehead atoms. The summed E-state index contributed by atoms with van der Waals surface area (Å²) in [5.74, 6) is 0.0855. The zero-order chi connectivity index (χ0) is 10.0. The number of anilines is 1. The van der Waals surface area contributed by atoms with Crippen LogP contribution in [0.15, 0.2) is 6.07 Å². The molecule has 0 aliphatic carbocycles. The standard InChI is InChI=1S/C10H15FN2/c1-6(2)4-9-7(3)5-8(11)10(12)13-9/h5-6H,4H2,1-3H3,(H2,12,13). The Morgan fingerprint density at radius 1 is 1.54 bits per heavy atom. The van der Waals surface area contributed by atoms with Gasteiger partial charge in [-0.25, -0.2) is 9.37 Å². The first-order chi connectivity index (χ1) is 6.00. The summed E-state index contributed by atoms with van der Waals surface area (Å²) in [6, 6.07) is 1.44. The molecule has 0 aromatic carbocycles. The third-order valence-electron chi connectivity index (χ3n) is 1.90. The summed E-state index contributed by atoms with van der Waals surface area (Å²) >= 11 is 0. The topological polar surface area (TPSA) is 38.9 Å². The summed E-state index contributed by atoms with van der Waals surface area (Å²) in [5.41, 5.74) is 7.15. The molecule has 1 heterocycles. The number of hydrogen-bond donors (Lipinski definition) is 1. The summed E-state index contributed by atoms with van der Waals surface area (Å²) in [5, 5.41) is 0. The average Bonchev–Trinajstić information content (AvgIpc) is 1.99. The van der Waals surface area contributed by atoms with Crippen LogP contribution in [0.2, 0.25) is 0 Å². The second kappa shape index (κ2) is 3.73. The average molecular weight is 182 g/mol. The minimum atomic E-state index is -0.426. The molecular formula is C10H15FN2. The van der Waals surface area contributed by atoms with E-state index in [2.05, 4.69) is 18.8 Å². The Hall–Kier alpha value is -1.12. The highest BCUT2D eigenvalue weighted by Crippen LogP contribution is 2.15. The lowest BCUT2D eigenvalue weighted by Gasteiger charge is -2.08. The van der Waals surface area contributed by atoms with Crippen molar-refractivity contribution in [2.45, 2.75) is 27.2 Å². The van der Waals surface area contributed by atoms with Crippen molar-refractivity contribution < 1.29 is 4.39 Å². The molecule has 3 heteroatoms. The van der Waals surface area contributed by atoms with E-state index in [1.54, 1.807) is 0 Å². The van der Waals surface area contributed by atoms with Gasteiger partial charge >= 0.3 is 0 Å². The number of nitrogens with two attached hydrogens (primary N) is 1. The van der Waals surface area contributed by atoms with E-state index in [1.165, 1.54) is 6.07 Å². The first kappa shape index (κ1) is 9.96. The first-order valence-electron chi connectivity index (χ1n) is 4.42. The van der Waals surface area contributed by atoms with Gasteiger partial charge in [0, 0.05) is 5.69 Å². The molecule has 0 aliphatic rings. The molecule has 0 amide bonds. The van der Waals surface area contributed by atoms with Crippen molar-refractivity contribution >= 4 is 5.82 Å². The Morgan fingerprint density at radius 3 is 2.69 bits per heavy atom.